The maximum absolute atomic E-state index is 11.0. The average molecular weight is 392 g/mol. The van der Waals surface area contributed by atoms with Crippen molar-refractivity contribution >= 4 is 35.7 Å². The van der Waals surface area contributed by atoms with Crippen LogP contribution < -0.4 is 5.32 Å². The lowest BCUT2D eigenvalue weighted by atomic mass is 9.92. The van der Waals surface area contributed by atoms with Gasteiger partial charge in [-0.05, 0) is 49.2 Å². The molecule has 2 atom stereocenters. The van der Waals surface area contributed by atoms with Gasteiger partial charge in [-0.15, -0.1) is 24.8 Å². The number of hydrogen-bond acceptors (Lipinski definition) is 4. The molecule has 1 aromatic carbocycles. The molecule has 0 aliphatic carbocycles. The fourth-order valence-electron chi connectivity index (χ4n) is 3.48. The normalized spacial score (nSPS) is 17.8. The number of benzene rings is 1. The van der Waals surface area contributed by atoms with Crippen LogP contribution in [-0.4, -0.2) is 27.7 Å². The van der Waals surface area contributed by atoms with Crippen LogP contribution in [0.2, 0.25) is 0 Å². The summed E-state index contributed by atoms with van der Waals surface area (Å²) in [6.45, 7) is 0.974. The molecule has 1 aliphatic rings. The molecule has 0 amide bonds. The Morgan fingerprint density at radius 1 is 1.04 bits per heavy atom. The van der Waals surface area contributed by atoms with E-state index in [2.05, 4.69) is 10.3 Å². The minimum atomic E-state index is -0.529. The number of nitrogens with one attached hydrogen (secondary N) is 1. The van der Waals surface area contributed by atoms with Gasteiger partial charge in [0.2, 0.25) is 0 Å². The Morgan fingerprint density at radius 2 is 1.81 bits per heavy atom. The summed E-state index contributed by atoms with van der Waals surface area (Å²) in [6, 6.07) is 14.1. The molecule has 6 heteroatoms. The number of aliphatic hydroxyl groups is 1. The van der Waals surface area contributed by atoms with E-state index in [0.717, 1.165) is 47.1 Å². The molecule has 4 rings (SSSR count). The van der Waals surface area contributed by atoms with Crippen molar-refractivity contribution in [1.82, 2.24) is 15.3 Å². The molecule has 26 heavy (non-hydrogen) atoms. The van der Waals surface area contributed by atoms with Crippen molar-refractivity contribution in [3.05, 3.63) is 60.4 Å². The van der Waals surface area contributed by atoms with Crippen molar-refractivity contribution in [2.45, 2.75) is 31.4 Å². The molecular formula is C20H23Cl2N3O. The minimum Gasteiger partial charge on any atom is -0.387 e. The summed E-state index contributed by atoms with van der Waals surface area (Å²) in [5.41, 5.74) is 3.75. The molecule has 2 unspecified atom stereocenters. The number of aliphatic hydroxyl groups excluding tert-OH is 1. The predicted molar refractivity (Wildman–Crippen MR) is 110 cm³/mol. The van der Waals surface area contributed by atoms with Crippen LogP contribution in [0.3, 0.4) is 0 Å². The van der Waals surface area contributed by atoms with Gasteiger partial charge >= 0.3 is 0 Å². The van der Waals surface area contributed by atoms with Crippen molar-refractivity contribution in [2.24, 2.45) is 0 Å². The summed E-state index contributed by atoms with van der Waals surface area (Å²) >= 11 is 0. The van der Waals surface area contributed by atoms with E-state index >= 15 is 0 Å². The summed E-state index contributed by atoms with van der Waals surface area (Å²) in [5.74, 6) is 0. The van der Waals surface area contributed by atoms with Crippen LogP contribution in [0.15, 0.2) is 54.9 Å². The number of rotatable bonds is 3. The van der Waals surface area contributed by atoms with Gasteiger partial charge in [-0.2, -0.15) is 0 Å². The highest BCUT2D eigenvalue weighted by molar-refractivity contribution is 5.86. The van der Waals surface area contributed by atoms with E-state index in [1.165, 1.54) is 6.42 Å². The number of hydrogen-bond donors (Lipinski definition) is 2. The molecule has 3 heterocycles. The smallest absolute Gasteiger partial charge is 0.0950 e. The Balaban J connectivity index is 0.00000121. The van der Waals surface area contributed by atoms with Gasteiger partial charge in [0.05, 0.1) is 17.3 Å². The Hall–Kier alpha value is -1.72. The summed E-state index contributed by atoms with van der Waals surface area (Å²) in [5, 5.41) is 15.5. The lowest BCUT2D eigenvalue weighted by Gasteiger charge is -2.29. The van der Waals surface area contributed by atoms with Gasteiger partial charge in [0.15, 0.2) is 0 Å². The van der Waals surface area contributed by atoms with Gasteiger partial charge in [0.1, 0.15) is 0 Å². The first-order chi connectivity index (χ1) is 11.8. The first-order valence-corrected chi connectivity index (χ1v) is 8.54. The minimum absolute atomic E-state index is 0. The van der Waals surface area contributed by atoms with Crippen LogP contribution in [0.1, 0.15) is 30.9 Å². The predicted octanol–water partition coefficient (Wildman–Crippen LogP) is 4.32. The van der Waals surface area contributed by atoms with Crippen molar-refractivity contribution < 1.29 is 5.11 Å². The van der Waals surface area contributed by atoms with Crippen molar-refractivity contribution in [1.29, 1.82) is 0 Å². The zero-order valence-corrected chi connectivity index (χ0v) is 16.0. The van der Waals surface area contributed by atoms with Gasteiger partial charge in [-0.25, -0.2) is 4.98 Å². The Kier molecular flexibility index (Phi) is 7.35. The molecule has 0 bridgehead atoms. The third-order valence-electron chi connectivity index (χ3n) is 4.77. The molecule has 0 spiro atoms. The average Bonchev–Trinajstić information content (AvgIpc) is 2.68. The monoisotopic (exact) mass is 391 g/mol. The molecule has 1 aliphatic heterocycles. The molecule has 3 aromatic rings. The third-order valence-corrected chi connectivity index (χ3v) is 4.77. The van der Waals surface area contributed by atoms with Gasteiger partial charge < -0.3 is 10.4 Å². The summed E-state index contributed by atoms with van der Waals surface area (Å²) in [7, 11) is 0. The second kappa shape index (κ2) is 9.28. The van der Waals surface area contributed by atoms with Crippen LogP contribution in [0.4, 0.5) is 0 Å². The number of piperidine rings is 1. The number of para-hydroxylation sites is 1. The molecule has 1 saturated heterocycles. The number of nitrogens with zero attached hydrogens (tertiary/aromatic N) is 2. The van der Waals surface area contributed by atoms with E-state index in [4.69, 9.17) is 4.98 Å². The molecule has 0 saturated carbocycles. The van der Waals surface area contributed by atoms with E-state index in [-0.39, 0.29) is 30.9 Å². The van der Waals surface area contributed by atoms with E-state index in [1.807, 2.05) is 42.5 Å². The Bertz CT molecular complexity index is 839. The highest BCUT2D eigenvalue weighted by Gasteiger charge is 2.25. The van der Waals surface area contributed by atoms with E-state index in [0.29, 0.717) is 0 Å². The number of pyridine rings is 2. The standard InChI is InChI=1S/C20H21N3O.2ClH/c24-20(18-7-3-4-10-22-18)16-13-19(14-8-11-21-12-9-14)23-17-6-2-1-5-15(16)17;;/h1-2,5-6,8-9,11-13,18,20,22,24H,3-4,7,10H2;2*1H. The zero-order valence-electron chi connectivity index (χ0n) is 14.3. The molecular weight excluding hydrogens is 369 g/mol. The Morgan fingerprint density at radius 3 is 2.54 bits per heavy atom. The van der Waals surface area contributed by atoms with Gasteiger partial charge in [-0.3, -0.25) is 4.98 Å². The number of aromatic nitrogens is 2. The summed E-state index contributed by atoms with van der Waals surface area (Å²) in [4.78, 5) is 8.85. The highest BCUT2D eigenvalue weighted by Crippen LogP contribution is 2.31. The molecule has 1 fully saturated rings. The number of fused-ring (bicyclic) bond motifs is 1. The summed E-state index contributed by atoms with van der Waals surface area (Å²) in [6.07, 6.45) is 6.36. The molecule has 4 nitrogen and oxygen atoms in total. The van der Waals surface area contributed by atoms with Gasteiger partial charge in [0.25, 0.3) is 0 Å². The Labute approximate surface area is 165 Å². The number of halogens is 2. The maximum atomic E-state index is 11.0. The van der Waals surface area contributed by atoms with Crippen molar-refractivity contribution in [2.75, 3.05) is 6.54 Å². The third kappa shape index (κ3) is 4.15. The molecule has 138 valence electrons. The second-order valence-corrected chi connectivity index (χ2v) is 6.35. The summed E-state index contributed by atoms with van der Waals surface area (Å²) < 4.78 is 0. The lowest BCUT2D eigenvalue weighted by molar-refractivity contribution is 0.115. The van der Waals surface area contributed by atoms with Crippen molar-refractivity contribution in [3.8, 4) is 11.3 Å². The van der Waals surface area contributed by atoms with Gasteiger partial charge in [-0.1, -0.05) is 24.6 Å². The van der Waals surface area contributed by atoms with Crippen molar-refractivity contribution in [3.63, 3.8) is 0 Å². The zero-order chi connectivity index (χ0) is 16.4. The van der Waals surface area contributed by atoms with E-state index in [1.54, 1.807) is 12.4 Å². The largest absolute Gasteiger partial charge is 0.387 e. The van der Waals surface area contributed by atoms with Crippen LogP contribution in [-0.2, 0) is 0 Å². The highest BCUT2D eigenvalue weighted by atomic mass is 35.5. The molecule has 0 radical (unpaired) electrons. The molecule has 2 N–H and O–H groups in total. The fourth-order valence-corrected chi connectivity index (χ4v) is 3.48. The quantitative estimate of drug-likeness (QED) is 0.697. The molecule has 2 aromatic heterocycles. The van der Waals surface area contributed by atoms with Crippen LogP contribution >= 0.6 is 24.8 Å². The van der Waals surface area contributed by atoms with E-state index < -0.39 is 6.10 Å². The van der Waals surface area contributed by atoms with Crippen LogP contribution in [0.5, 0.6) is 0 Å². The first-order valence-electron chi connectivity index (χ1n) is 8.54. The second-order valence-electron chi connectivity index (χ2n) is 6.35. The maximum Gasteiger partial charge on any atom is 0.0950 e. The van der Waals surface area contributed by atoms with Crippen LogP contribution in [0.25, 0.3) is 22.2 Å². The SMILES string of the molecule is Cl.Cl.OC(c1cc(-c2ccncc2)nc2ccccc12)C1CCCCN1. The van der Waals surface area contributed by atoms with E-state index in [9.17, 15) is 5.11 Å². The van der Waals surface area contributed by atoms with Gasteiger partial charge in [0, 0.05) is 29.4 Å². The van der Waals surface area contributed by atoms with Crippen LogP contribution in [0, 0.1) is 0 Å². The topological polar surface area (TPSA) is 58.0 Å². The first kappa shape index (κ1) is 20.6. The lowest BCUT2D eigenvalue weighted by Crippen LogP contribution is -2.38. The fraction of sp³-hybridized carbons (Fsp3) is 0.300.